The molecular weight excluding hydrogens is 196 g/mol. The maximum absolute atomic E-state index is 11.4. The lowest BCUT2D eigenvalue weighted by Gasteiger charge is -2.14. The minimum Gasteiger partial charge on any atom is -0.391 e. The Hall–Kier alpha value is -2.00. The van der Waals surface area contributed by atoms with Gasteiger partial charge in [0.15, 0.2) is 5.82 Å². The fourth-order valence-electron chi connectivity index (χ4n) is 1.51. The van der Waals surface area contributed by atoms with Gasteiger partial charge in [-0.1, -0.05) is 0 Å². The van der Waals surface area contributed by atoms with E-state index in [-0.39, 0.29) is 30.3 Å². The molecule has 2 heterocycles. The number of aliphatic hydroxyl groups excluding tert-OH is 1. The van der Waals surface area contributed by atoms with Gasteiger partial charge in [0.1, 0.15) is 18.0 Å². The van der Waals surface area contributed by atoms with Crippen LogP contribution in [0.1, 0.15) is 12.0 Å². The summed E-state index contributed by atoms with van der Waals surface area (Å²) in [7, 11) is 0. The van der Waals surface area contributed by atoms with Crippen molar-refractivity contribution in [3.8, 4) is 6.07 Å². The Morgan fingerprint density at radius 2 is 2.47 bits per heavy atom. The second-order valence-corrected chi connectivity index (χ2v) is 3.23. The van der Waals surface area contributed by atoms with Crippen molar-refractivity contribution in [2.24, 2.45) is 0 Å². The predicted molar refractivity (Wildman–Crippen MR) is 49.7 cm³/mol. The minimum absolute atomic E-state index is 0.0782. The molecule has 1 fully saturated rings. The molecular formula is C9H8N4O2. The Labute approximate surface area is 85.8 Å². The fourth-order valence-corrected chi connectivity index (χ4v) is 1.51. The van der Waals surface area contributed by atoms with Gasteiger partial charge in [0, 0.05) is 0 Å². The standard InChI is InChI=1S/C9H8N4O2/c10-2-6-3-11-5-12-9(6)13-4-7(14)1-8(13)15/h3,5,7,14H,1,4H2. The number of aromatic nitrogens is 2. The van der Waals surface area contributed by atoms with Crippen molar-refractivity contribution >= 4 is 11.7 Å². The third kappa shape index (κ3) is 1.65. The molecule has 1 aliphatic heterocycles. The van der Waals surface area contributed by atoms with Gasteiger partial charge in [-0.2, -0.15) is 5.26 Å². The van der Waals surface area contributed by atoms with Crippen LogP contribution in [0.2, 0.25) is 0 Å². The molecule has 0 aromatic carbocycles. The summed E-state index contributed by atoms with van der Waals surface area (Å²) in [5.74, 6) is 0.0479. The SMILES string of the molecule is N#Cc1cncnc1N1CC(O)CC1=O. The quantitative estimate of drug-likeness (QED) is 0.662. The van der Waals surface area contributed by atoms with Crippen LogP contribution in [-0.2, 0) is 4.79 Å². The van der Waals surface area contributed by atoms with E-state index in [2.05, 4.69) is 9.97 Å². The van der Waals surface area contributed by atoms with E-state index >= 15 is 0 Å². The summed E-state index contributed by atoms with van der Waals surface area (Å²) in [5, 5.41) is 18.1. The van der Waals surface area contributed by atoms with Gasteiger partial charge in [0.2, 0.25) is 5.91 Å². The minimum atomic E-state index is -0.681. The van der Waals surface area contributed by atoms with E-state index in [0.29, 0.717) is 0 Å². The van der Waals surface area contributed by atoms with E-state index in [1.54, 1.807) is 0 Å². The van der Waals surface area contributed by atoms with Crippen LogP contribution in [0.15, 0.2) is 12.5 Å². The Balaban J connectivity index is 2.38. The zero-order valence-corrected chi connectivity index (χ0v) is 7.79. The van der Waals surface area contributed by atoms with Gasteiger partial charge in [-0.05, 0) is 0 Å². The molecule has 1 saturated heterocycles. The molecule has 1 unspecified atom stereocenters. The Kier molecular flexibility index (Phi) is 2.31. The molecule has 1 aromatic rings. The van der Waals surface area contributed by atoms with Crippen LogP contribution in [0, 0.1) is 11.3 Å². The van der Waals surface area contributed by atoms with Crippen LogP contribution in [-0.4, -0.2) is 33.6 Å². The second kappa shape index (κ2) is 3.63. The number of nitriles is 1. The number of aliphatic hydroxyl groups is 1. The Bertz CT molecular complexity index is 440. The summed E-state index contributed by atoms with van der Waals surface area (Å²) >= 11 is 0. The van der Waals surface area contributed by atoms with E-state index < -0.39 is 6.10 Å². The number of carbonyl (C=O) groups is 1. The first-order valence-corrected chi connectivity index (χ1v) is 4.41. The third-order valence-electron chi connectivity index (χ3n) is 2.17. The molecule has 76 valence electrons. The molecule has 6 nitrogen and oxygen atoms in total. The monoisotopic (exact) mass is 204 g/mol. The zero-order chi connectivity index (χ0) is 10.8. The van der Waals surface area contributed by atoms with E-state index in [1.807, 2.05) is 6.07 Å². The number of amides is 1. The van der Waals surface area contributed by atoms with Crippen molar-refractivity contribution in [3.05, 3.63) is 18.1 Å². The van der Waals surface area contributed by atoms with Gasteiger partial charge in [0.05, 0.1) is 25.3 Å². The fraction of sp³-hybridized carbons (Fsp3) is 0.333. The van der Waals surface area contributed by atoms with E-state index in [9.17, 15) is 9.90 Å². The van der Waals surface area contributed by atoms with E-state index in [0.717, 1.165) is 0 Å². The average Bonchev–Trinajstić information content (AvgIpc) is 2.57. The summed E-state index contributed by atoms with van der Waals surface area (Å²) < 4.78 is 0. The summed E-state index contributed by atoms with van der Waals surface area (Å²) in [5.41, 5.74) is 0.236. The first-order chi connectivity index (χ1) is 7.22. The molecule has 1 aromatic heterocycles. The number of rotatable bonds is 1. The van der Waals surface area contributed by atoms with Crippen molar-refractivity contribution in [2.75, 3.05) is 11.4 Å². The largest absolute Gasteiger partial charge is 0.391 e. The molecule has 0 spiro atoms. The second-order valence-electron chi connectivity index (χ2n) is 3.23. The summed E-state index contributed by atoms with van der Waals surface area (Å²) in [4.78, 5) is 20.3. The Morgan fingerprint density at radius 1 is 1.67 bits per heavy atom. The number of nitrogens with zero attached hydrogens (tertiary/aromatic N) is 4. The molecule has 1 atom stereocenters. The summed E-state index contributed by atoms with van der Waals surface area (Å²) in [6.07, 6.45) is 2.02. The van der Waals surface area contributed by atoms with Crippen LogP contribution in [0.5, 0.6) is 0 Å². The van der Waals surface area contributed by atoms with Gasteiger partial charge in [-0.15, -0.1) is 0 Å². The average molecular weight is 204 g/mol. The molecule has 0 aliphatic carbocycles. The van der Waals surface area contributed by atoms with Crippen molar-refractivity contribution in [1.82, 2.24) is 9.97 Å². The topological polar surface area (TPSA) is 90.1 Å². The molecule has 1 N–H and O–H groups in total. The van der Waals surface area contributed by atoms with Crippen molar-refractivity contribution in [2.45, 2.75) is 12.5 Å². The predicted octanol–water partition coefficient (Wildman–Crippen LogP) is -0.554. The van der Waals surface area contributed by atoms with Crippen LogP contribution in [0.4, 0.5) is 5.82 Å². The van der Waals surface area contributed by atoms with Gasteiger partial charge in [0.25, 0.3) is 0 Å². The molecule has 15 heavy (non-hydrogen) atoms. The molecule has 1 amide bonds. The zero-order valence-electron chi connectivity index (χ0n) is 7.79. The smallest absolute Gasteiger partial charge is 0.230 e. The third-order valence-corrected chi connectivity index (χ3v) is 2.17. The number of anilines is 1. The van der Waals surface area contributed by atoms with Gasteiger partial charge in [-0.25, -0.2) is 9.97 Å². The lowest BCUT2D eigenvalue weighted by molar-refractivity contribution is -0.117. The highest BCUT2D eigenvalue weighted by Gasteiger charge is 2.31. The van der Waals surface area contributed by atoms with Crippen molar-refractivity contribution in [3.63, 3.8) is 0 Å². The number of carbonyl (C=O) groups excluding carboxylic acids is 1. The maximum atomic E-state index is 11.4. The summed E-state index contributed by atoms with van der Waals surface area (Å²) in [6.45, 7) is 0.185. The van der Waals surface area contributed by atoms with Crippen LogP contribution in [0.25, 0.3) is 0 Å². The Morgan fingerprint density at radius 3 is 3.07 bits per heavy atom. The van der Waals surface area contributed by atoms with Crippen molar-refractivity contribution in [1.29, 1.82) is 5.26 Å². The van der Waals surface area contributed by atoms with Crippen LogP contribution >= 0.6 is 0 Å². The van der Waals surface area contributed by atoms with Gasteiger partial charge < -0.3 is 5.11 Å². The molecule has 6 heteroatoms. The van der Waals surface area contributed by atoms with E-state index in [1.165, 1.54) is 17.4 Å². The lowest BCUT2D eigenvalue weighted by atomic mass is 10.3. The number of hydrogen-bond donors (Lipinski definition) is 1. The van der Waals surface area contributed by atoms with Gasteiger partial charge in [-0.3, -0.25) is 9.69 Å². The van der Waals surface area contributed by atoms with Gasteiger partial charge >= 0.3 is 0 Å². The highest BCUT2D eigenvalue weighted by Crippen LogP contribution is 2.21. The normalized spacial score (nSPS) is 20.4. The number of hydrogen-bond acceptors (Lipinski definition) is 5. The highest BCUT2D eigenvalue weighted by atomic mass is 16.3. The maximum Gasteiger partial charge on any atom is 0.230 e. The molecule has 1 aliphatic rings. The number of β-amino-alcohol motifs (C(OH)–C–C–N with tert-alkyl or cyclic N) is 1. The van der Waals surface area contributed by atoms with Crippen LogP contribution < -0.4 is 4.90 Å². The first-order valence-electron chi connectivity index (χ1n) is 4.41. The molecule has 0 bridgehead atoms. The molecule has 0 radical (unpaired) electrons. The van der Waals surface area contributed by atoms with Crippen molar-refractivity contribution < 1.29 is 9.90 Å². The van der Waals surface area contributed by atoms with Crippen LogP contribution in [0.3, 0.4) is 0 Å². The highest BCUT2D eigenvalue weighted by molar-refractivity contribution is 5.96. The summed E-state index contributed by atoms with van der Waals surface area (Å²) in [6, 6.07) is 1.91. The lowest BCUT2D eigenvalue weighted by Crippen LogP contribution is -2.27. The first kappa shape index (κ1) is 9.55. The molecule has 0 saturated carbocycles. The molecule has 2 rings (SSSR count). The van der Waals surface area contributed by atoms with E-state index in [4.69, 9.17) is 5.26 Å².